The van der Waals surface area contributed by atoms with E-state index in [0.29, 0.717) is 13.0 Å². The largest absolute Gasteiger partial charge is 0.459 e. The van der Waals surface area contributed by atoms with Crippen molar-refractivity contribution in [3.63, 3.8) is 0 Å². The fraction of sp³-hybridized carbons (Fsp3) is 0.936. The molecule has 0 spiro atoms. The van der Waals surface area contributed by atoms with Crippen LogP contribution >= 0.6 is 0 Å². The molecule has 372 valence electrons. The Hall–Kier alpha value is -2.03. The van der Waals surface area contributed by atoms with E-state index in [1.165, 1.54) is 26.9 Å². The minimum atomic E-state index is -1.97. The monoisotopic (exact) mass is 916 g/mol. The number of aliphatic hydroxyl groups is 3. The van der Waals surface area contributed by atoms with Gasteiger partial charge in [0.05, 0.1) is 48.4 Å². The van der Waals surface area contributed by atoms with Crippen molar-refractivity contribution in [3.05, 3.63) is 0 Å². The summed E-state index contributed by atoms with van der Waals surface area (Å²) in [7, 11) is 6.83. The number of nitrogens with one attached hydrogen (secondary N) is 1. The molecule has 4 saturated heterocycles. The predicted octanol–water partition coefficient (Wildman–Crippen LogP) is 3.56. The minimum absolute atomic E-state index is 0.0890. The van der Waals surface area contributed by atoms with Crippen LogP contribution in [0.1, 0.15) is 127 Å². The normalized spacial score (nSPS) is 43.9. The first kappa shape index (κ1) is 54.6. The topological polar surface area (TPSA) is 204 Å². The first-order chi connectivity index (χ1) is 29.9. The van der Waals surface area contributed by atoms with Crippen LogP contribution in [0.25, 0.3) is 0 Å². The van der Waals surface area contributed by atoms with Gasteiger partial charge in [0.25, 0.3) is 0 Å². The summed E-state index contributed by atoms with van der Waals surface area (Å²) in [6, 6.07) is -1.24. The van der Waals surface area contributed by atoms with Gasteiger partial charge >= 0.3 is 11.9 Å². The van der Waals surface area contributed by atoms with Crippen molar-refractivity contribution in [2.24, 2.45) is 17.8 Å². The zero-order valence-corrected chi connectivity index (χ0v) is 41.4. The third kappa shape index (κ3) is 13.1. The van der Waals surface area contributed by atoms with Gasteiger partial charge in [-0.05, 0) is 108 Å². The molecular weight excluding hydrogens is 831 g/mol. The molecule has 18 atom stereocenters. The fourth-order valence-corrected chi connectivity index (χ4v) is 10.4. The number of ether oxygens (including phenoxy) is 8. The lowest BCUT2D eigenvalue weighted by molar-refractivity contribution is -0.320. The Labute approximate surface area is 382 Å². The maximum atomic E-state index is 14.5. The number of rotatable bonds is 12. The fourth-order valence-electron chi connectivity index (χ4n) is 10.4. The number of hydrogen-bond donors (Lipinski definition) is 4. The molecule has 0 unspecified atom stereocenters. The second-order valence-corrected chi connectivity index (χ2v) is 20.2. The van der Waals surface area contributed by atoms with E-state index in [2.05, 4.69) is 10.2 Å². The summed E-state index contributed by atoms with van der Waals surface area (Å²) >= 11 is 0. The van der Waals surface area contributed by atoms with E-state index in [1.807, 2.05) is 39.8 Å². The molecule has 4 heterocycles. The van der Waals surface area contributed by atoms with Gasteiger partial charge in [-0.1, -0.05) is 33.6 Å². The van der Waals surface area contributed by atoms with E-state index in [1.54, 1.807) is 48.7 Å². The molecule has 4 fully saturated rings. The quantitative estimate of drug-likeness (QED) is 0.207. The van der Waals surface area contributed by atoms with Gasteiger partial charge in [0.2, 0.25) is 5.91 Å². The van der Waals surface area contributed by atoms with Crippen LogP contribution in [0.2, 0.25) is 0 Å². The van der Waals surface area contributed by atoms with E-state index >= 15 is 0 Å². The number of carbonyl (C=O) groups excluding carboxylic acids is 3. The van der Waals surface area contributed by atoms with Gasteiger partial charge in [-0.15, -0.1) is 0 Å². The van der Waals surface area contributed by atoms with Crippen molar-refractivity contribution in [3.8, 4) is 0 Å². The maximum Gasteiger partial charge on any atom is 0.311 e. The van der Waals surface area contributed by atoms with Crippen molar-refractivity contribution in [2.45, 2.75) is 217 Å². The Kier molecular flexibility index (Phi) is 19.9. The number of likely N-dealkylation sites (tertiary alicyclic amines) is 1. The first-order valence-electron chi connectivity index (χ1n) is 23.8. The van der Waals surface area contributed by atoms with Crippen LogP contribution in [0.5, 0.6) is 0 Å². The highest BCUT2D eigenvalue weighted by atomic mass is 16.7. The van der Waals surface area contributed by atoms with Crippen LogP contribution in [0.3, 0.4) is 0 Å². The van der Waals surface area contributed by atoms with E-state index in [4.69, 9.17) is 37.9 Å². The summed E-state index contributed by atoms with van der Waals surface area (Å²) in [5.74, 6) is -4.03. The van der Waals surface area contributed by atoms with Crippen LogP contribution in [0.15, 0.2) is 0 Å². The number of cyclic esters (lactones) is 1. The van der Waals surface area contributed by atoms with Crippen LogP contribution in [-0.2, 0) is 52.3 Å². The molecular formula is C47H85N3O14. The summed E-state index contributed by atoms with van der Waals surface area (Å²) in [6.45, 7) is 19.8. The van der Waals surface area contributed by atoms with Crippen molar-refractivity contribution >= 4 is 17.8 Å². The molecule has 0 aliphatic carbocycles. The molecule has 4 aliphatic heterocycles. The van der Waals surface area contributed by atoms with Gasteiger partial charge in [0.15, 0.2) is 18.7 Å². The highest BCUT2D eigenvalue weighted by molar-refractivity contribution is 5.78. The average molecular weight is 916 g/mol. The number of likely N-dealkylation sites (N-methyl/N-ethyl adjacent to an activating group) is 1. The van der Waals surface area contributed by atoms with E-state index < -0.39 is 108 Å². The third-order valence-corrected chi connectivity index (χ3v) is 14.7. The van der Waals surface area contributed by atoms with E-state index in [0.717, 1.165) is 25.9 Å². The number of amides is 1. The predicted molar refractivity (Wildman–Crippen MR) is 238 cm³/mol. The number of esters is 2. The third-order valence-electron chi connectivity index (χ3n) is 14.7. The molecule has 17 nitrogen and oxygen atoms in total. The molecule has 4 rings (SSSR count). The van der Waals surface area contributed by atoms with Gasteiger partial charge in [-0.2, -0.15) is 0 Å². The standard InChI is InChI=1S/C47H85N3O14/c1-15-34-47(10,56)39(53)31(6)48-42(54)27(2)25-45(8,57-13)40(64-44-37(52)33(49(11)12)24-28(3)59-44)29(4)38(30(5)43(55)61-34)63-36-26-46(9,58-14)41(32(7)60-36)62-35(51)20-23-50-21-18-16-17-19-22-50/h27-34,36-41,44,52-53,56H,15-26H2,1-14H3,(H,48,54)/t27-,28-,29+,30-,31-,32+,33+,34-,36+,37-,38+,39-,40-,41+,44+,45-,46-,47-/m1/s1. The zero-order chi connectivity index (χ0) is 47.9. The molecule has 1 amide bonds. The average Bonchev–Trinajstić information content (AvgIpc) is 3.52. The Bertz CT molecular complexity index is 1500. The van der Waals surface area contributed by atoms with Crippen LogP contribution in [0.4, 0.5) is 0 Å². The summed E-state index contributed by atoms with van der Waals surface area (Å²) < 4.78 is 51.3. The number of hydrogen-bond acceptors (Lipinski definition) is 16. The Morgan fingerprint density at radius 2 is 1.50 bits per heavy atom. The van der Waals surface area contributed by atoms with Gasteiger partial charge < -0.3 is 68.3 Å². The van der Waals surface area contributed by atoms with Crippen molar-refractivity contribution in [2.75, 3.05) is 47.9 Å². The first-order valence-corrected chi connectivity index (χ1v) is 23.8. The van der Waals surface area contributed by atoms with E-state index in [-0.39, 0.29) is 43.8 Å². The lowest BCUT2D eigenvalue weighted by atomic mass is 9.77. The summed E-state index contributed by atoms with van der Waals surface area (Å²) in [6.07, 6.45) is -4.01. The number of carbonyl (C=O) groups is 3. The van der Waals surface area contributed by atoms with E-state index in [9.17, 15) is 29.7 Å². The zero-order valence-electron chi connectivity index (χ0n) is 41.4. The Balaban J connectivity index is 1.75. The minimum Gasteiger partial charge on any atom is -0.459 e. The number of nitrogens with zero attached hydrogens (tertiary/aromatic N) is 2. The Morgan fingerprint density at radius 1 is 0.891 bits per heavy atom. The molecule has 4 aliphatic rings. The lowest BCUT2D eigenvalue weighted by Crippen LogP contribution is -2.61. The SMILES string of the molecule is CC[C@H]1OC(=O)[C@H](C)[C@@H](O[C@H]2C[C@@](C)(OC)[C@@H](OC(=O)CCN3CCCCCC3)[C@H](C)O2)[C@H](C)[C@@H](O[C@@H]2O[C@H](C)C[C@H](N(C)C)[C@H]2O)[C@](C)(OC)C[C@@H](C)C(=O)N[C@H](C)[C@@H](O)[C@]1(C)O. The molecule has 17 heteroatoms. The summed E-state index contributed by atoms with van der Waals surface area (Å²) in [4.78, 5) is 46.0. The van der Waals surface area contributed by atoms with Crippen molar-refractivity contribution in [1.82, 2.24) is 15.1 Å². The van der Waals surface area contributed by atoms with Crippen LogP contribution in [0, 0.1) is 17.8 Å². The van der Waals surface area contributed by atoms with Gasteiger partial charge in [0, 0.05) is 45.1 Å². The molecule has 4 N–H and O–H groups in total. The highest BCUT2D eigenvalue weighted by Crippen LogP contribution is 2.41. The Morgan fingerprint density at radius 3 is 2.08 bits per heavy atom. The second-order valence-electron chi connectivity index (χ2n) is 20.2. The molecule has 0 bridgehead atoms. The molecule has 64 heavy (non-hydrogen) atoms. The van der Waals surface area contributed by atoms with Crippen molar-refractivity contribution < 1.29 is 67.6 Å². The van der Waals surface area contributed by atoms with Gasteiger partial charge in [0.1, 0.15) is 29.5 Å². The van der Waals surface area contributed by atoms with Crippen LogP contribution in [-0.4, -0.2) is 181 Å². The summed E-state index contributed by atoms with van der Waals surface area (Å²) in [5.41, 5.74) is -4.32. The smallest absolute Gasteiger partial charge is 0.311 e. The molecule has 0 saturated carbocycles. The summed E-state index contributed by atoms with van der Waals surface area (Å²) in [5, 5.41) is 37.8. The molecule has 0 aromatic rings. The van der Waals surface area contributed by atoms with Crippen LogP contribution < -0.4 is 5.32 Å². The molecule has 0 aromatic heterocycles. The molecule has 0 radical (unpaired) electrons. The number of aliphatic hydroxyl groups excluding tert-OH is 2. The lowest BCUT2D eigenvalue weighted by Gasteiger charge is -2.49. The van der Waals surface area contributed by atoms with Gasteiger partial charge in [-0.3, -0.25) is 14.4 Å². The molecule has 0 aromatic carbocycles. The number of methoxy groups -OCH3 is 2. The van der Waals surface area contributed by atoms with Gasteiger partial charge in [-0.25, -0.2) is 0 Å². The highest BCUT2D eigenvalue weighted by Gasteiger charge is 2.54. The maximum absolute atomic E-state index is 14.5. The van der Waals surface area contributed by atoms with Crippen molar-refractivity contribution in [1.29, 1.82) is 0 Å². The second kappa shape index (κ2) is 23.3.